The Hall–Kier alpha value is -3.06. The summed E-state index contributed by atoms with van der Waals surface area (Å²) < 4.78 is 11.5. The molecule has 1 saturated heterocycles. The first-order chi connectivity index (χ1) is 15.0. The fourth-order valence-electron chi connectivity index (χ4n) is 4.05. The van der Waals surface area contributed by atoms with Crippen LogP contribution in [0.25, 0.3) is 0 Å². The Bertz CT molecular complexity index is 923. The van der Waals surface area contributed by atoms with Crippen molar-refractivity contribution in [2.45, 2.75) is 32.4 Å². The van der Waals surface area contributed by atoms with Crippen molar-refractivity contribution in [3.05, 3.63) is 54.1 Å². The summed E-state index contributed by atoms with van der Waals surface area (Å²) >= 11 is 0. The number of rotatable bonds is 5. The van der Waals surface area contributed by atoms with Crippen molar-refractivity contribution >= 4 is 17.5 Å². The Morgan fingerprint density at radius 2 is 1.77 bits per heavy atom. The van der Waals surface area contributed by atoms with Gasteiger partial charge in [0.15, 0.2) is 17.5 Å². The fraction of sp³-hybridized carbons (Fsp3) is 0.417. The van der Waals surface area contributed by atoms with Crippen molar-refractivity contribution < 1.29 is 24.0 Å². The number of carbonyl (C=O) groups is 2. The van der Waals surface area contributed by atoms with E-state index in [0.29, 0.717) is 24.6 Å². The van der Waals surface area contributed by atoms with E-state index < -0.39 is 6.10 Å². The zero-order valence-electron chi connectivity index (χ0n) is 18.1. The normalized spacial score (nSPS) is 19.5. The summed E-state index contributed by atoms with van der Waals surface area (Å²) in [6.07, 6.45) is 0.353. The quantitative estimate of drug-likeness (QED) is 0.755. The largest absolute Gasteiger partial charge is 0.485 e. The van der Waals surface area contributed by atoms with Crippen molar-refractivity contribution in [2.75, 3.05) is 38.1 Å². The lowest BCUT2D eigenvalue weighted by Crippen LogP contribution is -3.19. The third kappa shape index (κ3) is 4.82. The van der Waals surface area contributed by atoms with Crippen LogP contribution in [0.3, 0.4) is 0 Å². The topological polar surface area (TPSA) is 72.3 Å². The average molecular weight is 425 g/mol. The molecule has 2 amide bonds. The van der Waals surface area contributed by atoms with E-state index in [1.807, 2.05) is 60.4 Å². The van der Waals surface area contributed by atoms with Gasteiger partial charge in [0.2, 0.25) is 6.10 Å². The van der Waals surface area contributed by atoms with E-state index in [2.05, 4.69) is 12.2 Å². The zero-order valence-corrected chi connectivity index (χ0v) is 18.1. The van der Waals surface area contributed by atoms with Gasteiger partial charge < -0.3 is 24.6 Å². The van der Waals surface area contributed by atoms with Crippen LogP contribution in [0, 0.1) is 0 Å². The standard InChI is InChI=1S/C24H29N3O4/c1-3-18-8-10-19(11-9-18)25-23(28)17(2)26-12-14-27(15-13-26)24(29)22-16-30-20-6-4-5-7-21(20)31-22/h4-11,17,22H,3,12-16H2,1-2H3,(H,25,28)/p+1/t17-,22-/m0/s1. The molecule has 2 aromatic carbocycles. The molecule has 7 nitrogen and oxygen atoms in total. The van der Waals surface area contributed by atoms with E-state index in [-0.39, 0.29) is 24.5 Å². The molecule has 1 fully saturated rings. The van der Waals surface area contributed by atoms with Crippen molar-refractivity contribution in [3.63, 3.8) is 0 Å². The maximum Gasteiger partial charge on any atom is 0.282 e. The van der Waals surface area contributed by atoms with Crippen molar-refractivity contribution in [2.24, 2.45) is 0 Å². The lowest BCUT2D eigenvalue weighted by molar-refractivity contribution is -0.917. The fourth-order valence-corrected chi connectivity index (χ4v) is 4.05. The number of piperazine rings is 1. The van der Waals surface area contributed by atoms with Gasteiger partial charge in [-0.2, -0.15) is 0 Å². The summed E-state index contributed by atoms with van der Waals surface area (Å²) in [5.41, 5.74) is 2.06. The lowest BCUT2D eigenvalue weighted by atomic mass is 10.1. The van der Waals surface area contributed by atoms with Crippen LogP contribution >= 0.6 is 0 Å². The van der Waals surface area contributed by atoms with Gasteiger partial charge in [-0.15, -0.1) is 0 Å². The lowest BCUT2D eigenvalue weighted by Gasteiger charge is -2.37. The molecule has 4 rings (SSSR count). The first-order valence-corrected chi connectivity index (χ1v) is 11.0. The summed E-state index contributed by atoms with van der Waals surface area (Å²) in [4.78, 5) is 28.6. The number of hydrogen-bond donors (Lipinski definition) is 2. The summed E-state index contributed by atoms with van der Waals surface area (Å²) in [6.45, 7) is 6.90. The minimum Gasteiger partial charge on any atom is -0.485 e. The van der Waals surface area contributed by atoms with Gasteiger partial charge >= 0.3 is 0 Å². The molecule has 2 aliphatic heterocycles. The molecule has 0 bridgehead atoms. The molecule has 7 heteroatoms. The molecule has 0 saturated carbocycles. The summed E-state index contributed by atoms with van der Waals surface area (Å²) in [5.74, 6) is 1.22. The number of benzene rings is 2. The highest BCUT2D eigenvalue weighted by Gasteiger charge is 2.35. The Labute approximate surface area is 182 Å². The second-order valence-corrected chi connectivity index (χ2v) is 8.11. The molecule has 0 aromatic heterocycles. The SMILES string of the molecule is CCc1ccc(NC(=O)[C@H](C)[NH+]2CCN(C(=O)[C@@H]3COc4ccccc4O3)CC2)cc1. The third-order valence-corrected chi connectivity index (χ3v) is 6.14. The van der Waals surface area contributed by atoms with Gasteiger partial charge in [-0.05, 0) is 43.2 Å². The van der Waals surface area contributed by atoms with Crippen LogP contribution in [0.2, 0.25) is 0 Å². The number of nitrogens with zero attached hydrogens (tertiary/aromatic N) is 1. The van der Waals surface area contributed by atoms with E-state index in [1.165, 1.54) is 10.5 Å². The Morgan fingerprint density at radius 3 is 2.45 bits per heavy atom. The minimum absolute atomic E-state index is 0.000328. The molecule has 2 aliphatic rings. The molecule has 2 N–H and O–H groups in total. The molecule has 2 aromatic rings. The van der Waals surface area contributed by atoms with E-state index in [4.69, 9.17) is 9.47 Å². The first kappa shape index (κ1) is 21.2. The number of quaternary nitrogens is 1. The highest BCUT2D eigenvalue weighted by molar-refractivity contribution is 5.93. The van der Waals surface area contributed by atoms with Crippen molar-refractivity contribution in [1.29, 1.82) is 0 Å². The van der Waals surface area contributed by atoms with Gasteiger partial charge in [-0.1, -0.05) is 31.2 Å². The number of amides is 2. The summed E-state index contributed by atoms with van der Waals surface area (Å²) in [6, 6.07) is 15.2. The number of aryl methyl sites for hydroxylation is 1. The molecule has 2 heterocycles. The van der Waals surface area contributed by atoms with E-state index in [0.717, 1.165) is 25.2 Å². The number of fused-ring (bicyclic) bond motifs is 1. The average Bonchev–Trinajstić information content (AvgIpc) is 2.83. The minimum atomic E-state index is -0.622. The number of ether oxygens (including phenoxy) is 2. The van der Waals surface area contributed by atoms with Crippen molar-refractivity contribution in [1.82, 2.24) is 4.90 Å². The van der Waals surface area contributed by atoms with Crippen LogP contribution in [0.1, 0.15) is 19.4 Å². The number of nitrogens with one attached hydrogen (secondary N) is 2. The van der Waals surface area contributed by atoms with Crippen molar-refractivity contribution in [3.8, 4) is 11.5 Å². The van der Waals surface area contributed by atoms with Gasteiger partial charge in [0, 0.05) is 5.69 Å². The molecule has 31 heavy (non-hydrogen) atoms. The van der Waals surface area contributed by atoms with Crippen LogP contribution in [-0.4, -0.2) is 61.6 Å². The van der Waals surface area contributed by atoms with E-state index in [9.17, 15) is 9.59 Å². The Balaban J connectivity index is 1.27. The number of carbonyl (C=O) groups excluding carboxylic acids is 2. The monoisotopic (exact) mass is 424 g/mol. The van der Waals surface area contributed by atoms with Crippen LogP contribution in [0.15, 0.2) is 48.5 Å². The number of hydrogen-bond acceptors (Lipinski definition) is 4. The van der Waals surface area contributed by atoms with E-state index >= 15 is 0 Å². The van der Waals surface area contributed by atoms with Crippen LogP contribution < -0.4 is 19.7 Å². The van der Waals surface area contributed by atoms with Gasteiger partial charge in [0.25, 0.3) is 11.8 Å². The Kier molecular flexibility index (Phi) is 6.42. The highest BCUT2D eigenvalue weighted by Crippen LogP contribution is 2.31. The molecule has 0 spiro atoms. The van der Waals surface area contributed by atoms with E-state index in [1.54, 1.807) is 0 Å². The first-order valence-electron chi connectivity index (χ1n) is 11.0. The molecular formula is C24H30N3O4+. The highest BCUT2D eigenvalue weighted by atomic mass is 16.6. The Morgan fingerprint density at radius 1 is 1.10 bits per heavy atom. The predicted octanol–water partition coefficient (Wildman–Crippen LogP) is 1.14. The number of anilines is 1. The van der Waals surface area contributed by atoms with Gasteiger partial charge in [-0.25, -0.2) is 0 Å². The van der Waals surface area contributed by atoms with Gasteiger partial charge in [0.05, 0.1) is 26.2 Å². The molecular weight excluding hydrogens is 394 g/mol. The van der Waals surface area contributed by atoms with Crippen LogP contribution in [0.5, 0.6) is 11.5 Å². The maximum atomic E-state index is 12.9. The smallest absolute Gasteiger partial charge is 0.282 e. The molecule has 0 aliphatic carbocycles. The summed E-state index contributed by atoms with van der Waals surface area (Å²) in [7, 11) is 0. The molecule has 164 valence electrons. The summed E-state index contributed by atoms with van der Waals surface area (Å²) in [5, 5.41) is 3.01. The van der Waals surface area contributed by atoms with Gasteiger partial charge in [-0.3, -0.25) is 9.59 Å². The second kappa shape index (κ2) is 9.39. The third-order valence-electron chi connectivity index (χ3n) is 6.14. The van der Waals surface area contributed by atoms with Crippen LogP contribution in [-0.2, 0) is 16.0 Å². The molecule has 2 atom stereocenters. The molecule has 0 radical (unpaired) electrons. The van der Waals surface area contributed by atoms with Gasteiger partial charge in [0.1, 0.15) is 6.61 Å². The second-order valence-electron chi connectivity index (χ2n) is 8.11. The predicted molar refractivity (Wildman–Crippen MR) is 118 cm³/mol. The zero-order chi connectivity index (χ0) is 21.8. The molecule has 0 unspecified atom stereocenters. The number of para-hydroxylation sites is 2. The maximum absolute atomic E-state index is 12.9. The van der Waals surface area contributed by atoms with Crippen LogP contribution in [0.4, 0.5) is 5.69 Å².